The number of hydrogen-bond acceptors (Lipinski definition) is 3. The number of carbonyl (C=O) groups excluding carboxylic acids is 2. The average molecular weight is 515 g/mol. The Hall–Kier alpha value is -2.34. The number of rotatable bonds is 9. The molecule has 1 saturated carbocycles. The third-order valence-electron chi connectivity index (χ3n) is 6.46. The number of aryl methyl sites for hydroxylation is 3. The lowest BCUT2D eigenvalue weighted by atomic mass is 10.1. The zero-order chi connectivity index (χ0) is 24.0. The summed E-state index contributed by atoms with van der Waals surface area (Å²) in [7, 11) is 0. The van der Waals surface area contributed by atoms with Gasteiger partial charge in [-0.1, -0.05) is 60.0 Å². The summed E-state index contributed by atoms with van der Waals surface area (Å²) in [6, 6.07) is 11.5. The molecule has 0 bridgehead atoms. The van der Waals surface area contributed by atoms with Crippen molar-refractivity contribution in [3.63, 3.8) is 0 Å². The van der Waals surface area contributed by atoms with E-state index in [0.29, 0.717) is 18.7 Å². The Morgan fingerprint density at radius 1 is 1.09 bits per heavy atom. The molecule has 0 saturated heterocycles. The molecule has 0 aromatic heterocycles. The third-order valence-corrected chi connectivity index (χ3v) is 7.71. The Bertz CT molecular complexity index is 962. The second kappa shape index (κ2) is 11.7. The van der Waals surface area contributed by atoms with E-state index in [2.05, 4.69) is 21.2 Å². The summed E-state index contributed by atoms with van der Waals surface area (Å²) in [5.74, 6) is 0.396. The number of hydrogen-bond donors (Lipinski definition) is 1. The summed E-state index contributed by atoms with van der Waals surface area (Å²) >= 11 is 3.57. The Labute approximate surface area is 206 Å². The summed E-state index contributed by atoms with van der Waals surface area (Å²) in [4.78, 5) is 28.3. The Balaban J connectivity index is 1.79. The third kappa shape index (κ3) is 6.59. The molecule has 3 rings (SSSR count). The van der Waals surface area contributed by atoms with Gasteiger partial charge < -0.3 is 15.0 Å². The van der Waals surface area contributed by atoms with Crippen LogP contribution in [0.1, 0.15) is 61.3 Å². The normalized spacial score (nSPS) is 14.7. The molecule has 1 aliphatic carbocycles. The predicted octanol–water partition coefficient (Wildman–Crippen LogP) is 5.62. The number of ether oxygens (including phenoxy) is 1. The minimum absolute atomic E-state index is 0.0679. The van der Waals surface area contributed by atoms with Crippen molar-refractivity contribution in [2.75, 3.05) is 6.61 Å². The molecule has 2 aromatic rings. The smallest absolute Gasteiger partial charge is 0.261 e. The molecule has 2 aromatic carbocycles. The van der Waals surface area contributed by atoms with Crippen LogP contribution in [0.2, 0.25) is 0 Å². The van der Waals surface area contributed by atoms with E-state index >= 15 is 0 Å². The number of nitrogens with one attached hydrogen (secondary N) is 1. The van der Waals surface area contributed by atoms with Crippen molar-refractivity contribution in [2.45, 2.75) is 78.4 Å². The molecule has 5 nitrogen and oxygen atoms in total. The van der Waals surface area contributed by atoms with Crippen molar-refractivity contribution in [3.8, 4) is 5.75 Å². The first-order chi connectivity index (χ1) is 15.8. The molecule has 1 aliphatic rings. The lowest BCUT2D eigenvalue weighted by molar-refractivity contribution is -0.143. The van der Waals surface area contributed by atoms with Crippen LogP contribution in [-0.2, 0) is 16.1 Å². The highest BCUT2D eigenvalue weighted by Crippen LogP contribution is 2.26. The highest BCUT2D eigenvalue weighted by Gasteiger charge is 2.31. The first-order valence-electron chi connectivity index (χ1n) is 11.8. The number of halogens is 1. The van der Waals surface area contributed by atoms with Crippen molar-refractivity contribution >= 4 is 27.7 Å². The lowest BCUT2D eigenvalue weighted by Crippen LogP contribution is -2.52. The fraction of sp³-hybridized carbons (Fsp3) is 0.481. The van der Waals surface area contributed by atoms with E-state index in [0.717, 1.165) is 52.4 Å². The van der Waals surface area contributed by atoms with Crippen LogP contribution in [0.15, 0.2) is 40.9 Å². The second-order valence-electron chi connectivity index (χ2n) is 9.02. The topological polar surface area (TPSA) is 58.6 Å². The molecule has 0 aliphatic heterocycles. The zero-order valence-corrected chi connectivity index (χ0v) is 21.7. The largest absolute Gasteiger partial charge is 0.484 e. The maximum Gasteiger partial charge on any atom is 0.261 e. The van der Waals surface area contributed by atoms with Gasteiger partial charge in [-0.25, -0.2) is 0 Å². The standard InChI is InChI=1S/C27H35BrN2O3/c1-5-24(27(32)29-22-12-8-9-13-22)30(16-21-11-7-6-10-18(21)2)25(31)17-33-23-14-19(3)26(28)20(4)15-23/h6-7,10-11,14-15,22,24H,5,8-9,12-13,16-17H2,1-4H3,(H,29,32). The molecular formula is C27H35BrN2O3. The summed E-state index contributed by atoms with van der Waals surface area (Å²) in [6.45, 7) is 8.25. The molecule has 0 spiro atoms. The van der Waals surface area contributed by atoms with Crippen molar-refractivity contribution in [1.29, 1.82) is 0 Å². The Morgan fingerprint density at radius 2 is 1.73 bits per heavy atom. The average Bonchev–Trinajstić information content (AvgIpc) is 3.29. The van der Waals surface area contributed by atoms with Gasteiger partial charge in [0.05, 0.1) is 0 Å². The maximum atomic E-state index is 13.4. The van der Waals surface area contributed by atoms with Gasteiger partial charge in [0.1, 0.15) is 11.8 Å². The van der Waals surface area contributed by atoms with Crippen LogP contribution in [0.25, 0.3) is 0 Å². The minimum atomic E-state index is -0.533. The summed E-state index contributed by atoms with van der Waals surface area (Å²) in [5.41, 5.74) is 4.24. The van der Waals surface area contributed by atoms with Gasteiger partial charge in [0, 0.05) is 17.1 Å². The van der Waals surface area contributed by atoms with Gasteiger partial charge in [0.25, 0.3) is 5.91 Å². The van der Waals surface area contributed by atoms with E-state index in [9.17, 15) is 9.59 Å². The van der Waals surface area contributed by atoms with E-state index in [4.69, 9.17) is 4.74 Å². The van der Waals surface area contributed by atoms with Gasteiger partial charge >= 0.3 is 0 Å². The number of carbonyl (C=O) groups is 2. The van der Waals surface area contributed by atoms with Gasteiger partial charge in [0.15, 0.2) is 6.61 Å². The van der Waals surface area contributed by atoms with Gasteiger partial charge in [-0.15, -0.1) is 0 Å². The first-order valence-corrected chi connectivity index (χ1v) is 12.6. The molecule has 1 fully saturated rings. The number of nitrogens with zero attached hydrogens (tertiary/aromatic N) is 1. The SMILES string of the molecule is CCC(C(=O)NC1CCCC1)N(Cc1ccccc1C)C(=O)COc1cc(C)c(Br)c(C)c1. The predicted molar refractivity (Wildman–Crippen MR) is 135 cm³/mol. The quantitative estimate of drug-likeness (QED) is 0.472. The van der Waals surface area contributed by atoms with Crippen LogP contribution in [0, 0.1) is 20.8 Å². The van der Waals surface area contributed by atoms with Crippen molar-refractivity contribution < 1.29 is 14.3 Å². The zero-order valence-electron chi connectivity index (χ0n) is 20.1. The molecule has 178 valence electrons. The van der Waals surface area contributed by atoms with Gasteiger partial charge in [-0.05, 0) is 74.4 Å². The molecule has 2 amide bonds. The molecule has 0 radical (unpaired) electrons. The van der Waals surface area contributed by atoms with Crippen molar-refractivity contribution in [3.05, 3.63) is 63.1 Å². The Morgan fingerprint density at radius 3 is 2.33 bits per heavy atom. The van der Waals surface area contributed by atoms with Crippen LogP contribution in [-0.4, -0.2) is 35.4 Å². The van der Waals surface area contributed by atoms with Crippen molar-refractivity contribution in [2.24, 2.45) is 0 Å². The summed E-state index contributed by atoms with van der Waals surface area (Å²) in [6.07, 6.45) is 4.87. The molecule has 1 unspecified atom stereocenters. The molecular weight excluding hydrogens is 480 g/mol. The van der Waals surface area contributed by atoms with E-state index in [-0.39, 0.29) is 24.5 Å². The van der Waals surface area contributed by atoms with Crippen LogP contribution in [0.4, 0.5) is 0 Å². The fourth-order valence-electron chi connectivity index (χ4n) is 4.48. The second-order valence-corrected chi connectivity index (χ2v) is 9.81. The summed E-state index contributed by atoms with van der Waals surface area (Å²) in [5, 5.41) is 3.18. The van der Waals surface area contributed by atoms with Crippen LogP contribution >= 0.6 is 15.9 Å². The van der Waals surface area contributed by atoms with Gasteiger partial charge in [-0.3, -0.25) is 9.59 Å². The van der Waals surface area contributed by atoms with E-state index in [1.807, 2.05) is 64.1 Å². The van der Waals surface area contributed by atoms with E-state index < -0.39 is 6.04 Å². The van der Waals surface area contributed by atoms with Crippen LogP contribution in [0.5, 0.6) is 5.75 Å². The van der Waals surface area contributed by atoms with E-state index in [1.165, 1.54) is 0 Å². The first kappa shape index (κ1) is 25.3. The summed E-state index contributed by atoms with van der Waals surface area (Å²) < 4.78 is 6.94. The Kier molecular flexibility index (Phi) is 8.95. The monoisotopic (exact) mass is 514 g/mol. The molecule has 33 heavy (non-hydrogen) atoms. The van der Waals surface area contributed by atoms with E-state index in [1.54, 1.807) is 4.90 Å². The highest BCUT2D eigenvalue weighted by molar-refractivity contribution is 9.10. The molecule has 6 heteroatoms. The molecule has 1 atom stereocenters. The van der Waals surface area contributed by atoms with Crippen LogP contribution < -0.4 is 10.1 Å². The minimum Gasteiger partial charge on any atom is -0.484 e. The maximum absolute atomic E-state index is 13.4. The molecule has 0 heterocycles. The lowest BCUT2D eigenvalue weighted by Gasteiger charge is -2.32. The van der Waals surface area contributed by atoms with Crippen LogP contribution in [0.3, 0.4) is 0 Å². The highest BCUT2D eigenvalue weighted by atomic mass is 79.9. The number of amides is 2. The van der Waals surface area contributed by atoms with Gasteiger partial charge in [-0.2, -0.15) is 0 Å². The van der Waals surface area contributed by atoms with Gasteiger partial charge in [0.2, 0.25) is 5.91 Å². The fourth-order valence-corrected chi connectivity index (χ4v) is 4.70. The van der Waals surface area contributed by atoms with Crippen molar-refractivity contribution in [1.82, 2.24) is 10.2 Å². The number of benzene rings is 2. The molecule has 1 N–H and O–H groups in total.